The number of amides is 1. The minimum atomic E-state index is 0.0109. The van der Waals surface area contributed by atoms with Crippen molar-refractivity contribution in [1.82, 2.24) is 4.90 Å². The molecular weight excluding hydrogens is 294 g/mol. The molecule has 2 heteroatoms. The van der Waals surface area contributed by atoms with E-state index < -0.39 is 0 Å². The summed E-state index contributed by atoms with van der Waals surface area (Å²) in [6.07, 6.45) is 2.31. The van der Waals surface area contributed by atoms with Crippen molar-refractivity contribution in [2.24, 2.45) is 0 Å². The van der Waals surface area contributed by atoms with E-state index in [1.54, 1.807) is 0 Å². The zero-order valence-corrected chi connectivity index (χ0v) is 13.5. The Morgan fingerprint density at radius 1 is 0.917 bits per heavy atom. The monoisotopic (exact) mass is 313 g/mol. The molecule has 0 spiro atoms. The number of fused-ring (bicyclic) bond motifs is 2. The van der Waals surface area contributed by atoms with Gasteiger partial charge < -0.3 is 4.90 Å². The molecule has 0 saturated heterocycles. The van der Waals surface area contributed by atoms with Crippen LogP contribution in [0.2, 0.25) is 0 Å². The summed E-state index contributed by atoms with van der Waals surface area (Å²) in [6.45, 7) is 5.03. The molecule has 4 rings (SSSR count). The SMILES string of the molecule is C=CC(=O)N1CCc2ccc(-c3ccc4ccccc4c3)cc2C1. The number of benzene rings is 3. The molecule has 1 aliphatic rings. The van der Waals surface area contributed by atoms with E-state index in [-0.39, 0.29) is 5.91 Å². The van der Waals surface area contributed by atoms with E-state index in [2.05, 4.69) is 67.2 Å². The summed E-state index contributed by atoms with van der Waals surface area (Å²) in [5.41, 5.74) is 4.99. The van der Waals surface area contributed by atoms with Crippen LogP contribution in [-0.2, 0) is 17.8 Å². The van der Waals surface area contributed by atoms with Gasteiger partial charge in [-0.25, -0.2) is 0 Å². The molecule has 118 valence electrons. The molecule has 0 fully saturated rings. The maximum absolute atomic E-state index is 11.9. The van der Waals surface area contributed by atoms with E-state index in [1.807, 2.05) is 4.90 Å². The molecular formula is C22H19NO. The van der Waals surface area contributed by atoms with E-state index in [4.69, 9.17) is 0 Å². The Morgan fingerprint density at radius 2 is 1.67 bits per heavy atom. The van der Waals surface area contributed by atoms with Gasteiger partial charge in [-0.05, 0) is 57.7 Å². The molecule has 0 unspecified atom stereocenters. The van der Waals surface area contributed by atoms with Gasteiger partial charge in [0.25, 0.3) is 0 Å². The Hall–Kier alpha value is -2.87. The second kappa shape index (κ2) is 5.97. The molecule has 1 heterocycles. The molecule has 0 aliphatic carbocycles. The second-order valence-electron chi connectivity index (χ2n) is 6.26. The predicted molar refractivity (Wildman–Crippen MR) is 98.7 cm³/mol. The van der Waals surface area contributed by atoms with Gasteiger partial charge >= 0.3 is 0 Å². The summed E-state index contributed by atoms with van der Waals surface area (Å²) in [7, 11) is 0. The number of rotatable bonds is 2. The highest BCUT2D eigenvalue weighted by Crippen LogP contribution is 2.28. The number of nitrogens with zero attached hydrogens (tertiary/aromatic N) is 1. The Balaban J connectivity index is 1.71. The smallest absolute Gasteiger partial charge is 0.246 e. The lowest BCUT2D eigenvalue weighted by atomic mass is 9.94. The first kappa shape index (κ1) is 14.7. The van der Waals surface area contributed by atoms with Crippen LogP contribution in [0, 0.1) is 0 Å². The van der Waals surface area contributed by atoms with E-state index in [0.717, 1.165) is 13.0 Å². The number of hydrogen-bond donors (Lipinski definition) is 0. The lowest BCUT2D eigenvalue weighted by molar-refractivity contribution is -0.126. The van der Waals surface area contributed by atoms with Crippen LogP contribution in [0.1, 0.15) is 11.1 Å². The highest BCUT2D eigenvalue weighted by atomic mass is 16.2. The number of hydrogen-bond acceptors (Lipinski definition) is 1. The van der Waals surface area contributed by atoms with Crippen molar-refractivity contribution in [2.75, 3.05) is 6.54 Å². The third-order valence-electron chi connectivity index (χ3n) is 4.79. The molecule has 1 aliphatic heterocycles. The maximum Gasteiger partial charge on any atom is 0.246 e. The fraction of sp³-hybridized carbons (Fsp3) is 0.136. The van der Waals surface area contributed by atoms with Crippen molar-refractivity contribution in [3.63, 3.8) is 0 Å². The van der Waals surface area contributed by atoms with Gasteiger partial charge in [-0.1, -0.05) is 55.1 Å². The van der Waals surface area contributed by atoms with Crippen LogP contribution in [-0.4, -0.2) is 17.4 Å². The summed E-state index contributed by atoms with van der Waals surface area (Å²) >= 11 is 0. The van der Waals surface area contributed by atoms with E-state index in [9.17, 15) is 4.79 Å². The van der Waals surface area contributed by atoms with Crippen LogP contribution in [0.25, 0.3) is 21.9 Å². The average molecular weight is 313 g/mol. The fourth-order valence-corrected chi connectivity index (χ4v) is 3.42. The quantitative estimate of drug-likeness (QED) is 0.634. The predicted octanol–water partition coefficient (Wildman–Crippen LogP) is 4.58. The molecule has 0 saturated carbocycles. The molecule has 0 bridgehead atoms. The van der Waals surface area contributed by atoms with Gasteiger partial charge in [0.15, 0.2) is 0 Å². The summed E-state index contributed by atoms with van der Waals surface area (Å²) < 4.78 is 0. The minimum absolute atomic E-state index is 0.0109. The first-order chi connectivity index (χ1) is 11.7. The van der Waals surface area contributed by atoms with Gasteiger partial charge in [0.1, 0.15) is 0 Å². The molecule has 2 nitrogen and oxygen atoms in total. The third kappa shape index (κ3) is 2.61. The van der Waals surface area contributed by atoms with Gasteiger partial charge in [0.05, 0.1) is 0 Å². The summed E-state index contributed by atoms with van der Waals surface area (Å²) in [5, 5.41) is 2.50. The summed E-state index contributed by atoms with van der Waals surface area (Å²) in [6, 6.07) is 21.6. The maximum atomic E-state index is 11.9. The normalized spacial score (nSPS) is 13.6. The number of carbonyl (C=O) groups excluding carboxylic acids is 1. The Labute approximate surface area is 142 Å². The van der Waals surface area contributed by atoms with Gasteiger partial charge in [0.2, 0.25) is 5.91 Å². The second-order valence-corrected chi connectivity index (χ2v) is 6.26. The number of carbonyl (C=O) groups is 1. The van der Waals surface area contributed by atoms with Gasteiger partial charge in [-0.15, -0.1) is 0 Å². The van der Waals surface area contributed by atoms with Crippen molar-refractivity contribution in [1.29, 1.82) is 0 Å². The summed E-state index contributed by atoms with van der Waals surface area (Å²) in [4.78, 5) is 13.7. The van der Waals surface area contributed by atoms with Gasteiger partial charge in [0, 0.05) is 13.1 Å². The van der Waals surface area contributed by atoms with E-state index in [1.165, 1.54) is 39.1 Å². The highest BCUT2D eigenvalue weighted by molar-refractivity contribution is 5.88. The highest BCUT2D eigenvalue weighted by Gasteiger charge is 2.19. The molecule has 0 aromatic heterocycles. The zero-order chi connectivity index (χ0) is 16.5. The molecule has 0 radical (unpaired) electrons. The van der Waals surface area contributed by atoms with Crippen LogP contribution in [0.3, 0.4) is 0 Å². The largest absolute Gasteiger partial charge is 0.335 e. The van der Waals surface area contributed by atoms with Crippen molar-refractivity contribution < 1.29 is 4.79 Å². The van der Waals surface area contributed by atoms with Crippen LogP contribution >= 0.6 is 0 Å². The average Bonchev–Trinajstić information content (AvgIpc) is 2.66. The lowest BCUT2D eigenvalue weighted by Gasteiger charge is -2.28. The first-order valence-electron chi connectivity index (χ1n) is 8.27. The first-order valence-corrected chi connectivity index (χ1v) is 8.27. The molecule has 24 heavy (non-hydrogen) atoms. The zero-order valence-electron chi connectivity index (χ0n) is 13.5. The minimum Gasteiger partial charge on any atom is -0.335 e. The molecule has 3 aromatic rings. The van der Waals surface area contributed by atoms with Crippen molar-refractivity contribution in [3.05, 3.63) is 84.4 Å². The van der Waals surface area contributed by atoms with E-state index in [0.29, 0.717) is 6.54 Å². The Bertz CT molecular complexity index is 942. The topological polar surface area (TPSA) is 20.3 Å². The molecule has 1 amide bonds. The van der Waals surface area contributed by atoms with Crippen LogP contribution in [0.5, 0.6) is 0 Å². The van der Waals surface area contributed by atoms with Gasteiger partial charge in [-0.2, -0.15) is 0 Å². The van der Waals surface area contributed by atoms with Crippen LogP contribution < -0.4 is 0 Å². The van der Waals surface area contributed by atoms with Gasteiger partial charge in [-0.3, -0.25) is 4.79 Å². The Morgan fingerprint density at radius 3 is 2.50 bits per heavy atom. The van der Waals surface area contributed by atoms with Crippen LogP contribution in [0.4, 0.5) is 0 Å². The van der Waals surface area contributed by atoms with Crippen molar-refractivity contribution in [2.45, 2.75) is 13.0 Å². The van der Waals surface area contributed by atoms with Crippen LogP contribution in [0.15, 0.2) is 73.3 Å². The van der Waals surface area contributed by atoms with Crippen molar-refractivity contribution in [3.8, 4) is 11.1 Å². The molecule has 0 N–H and O–H groups in total. The third-order valence-corrected chi connectivity index (χ3v) is 4.79. The van der Waals surface area contributed by atoms with E-state index >= 15 is 0 Å². The lowest BCUT2D eigenvalue weighted by Crippen LogP contribution is -2.34. The standard InChI is InChI=1S/C22H19NO/c1-2-22(24)23-12-11-17-8-10-20(14-21(17)15-23)19-9-7-16-5-3-4-6-18(16)13-19/h2-10,13-14H,1,11-12,15H2. The Kier molecular flexibility index (Phi) is 3.66. The fourth-order valence-electron chi connectivity index (χ4n) is 3.42. The molecule has 0 atom stereocenters. The van der Waals surface area contributed by atoms with Crippen molar-refractivity contribution >= 4 is 16.7 Å². The summed E-state index contributed by atoms with van der Waals surface area (Å²) in [5.74, 6) is 0.0109. The molecule has 3 aromatic carbocycles.